The van der Waals surface area contributed by atoms with E-state index < -0.39 is 6.17 Å². The molecule has 12 heavy (non-hydrogen) atoms. The Kier molecular flexibility index (Phi) is 2.82. The molecule has 0 N–H and O–H groups in total. The maximum absolute atomic E-state index is 13.1. The van der Waals surface area contributed by atoms with Gasteiger partial charge in [-0.05, 0) is 12.5 Å². The summed E-state index contributed by atoms with van der Waals surface area (Å²) in [6.07, 6.45) is -1.14. The maximum Gasteiger partial charge on any atom is 0.249 e. The Morgan fingerprint density at radius 2 is 2.33 bits per heavy atom. The highest BCUT2D eigenvalue weighted by molar-refractivity contribution is 5.24. The smallest absolute Gasteiger partial charge is 0.249 e. The summed E-state index contributed by atoms with van der Waals surface area (Å²) in [7, 11) is 0. The van der Waals surface area contributed by atoms with Crippen LogP contribution in [0.3, 0.4) is 0 Å². The zero-order valence-corrected chi connectivity index (χ0v) is 6.92. The molecule has 1 aromatic rings. The van der Waals surface area contributed by atoms with E-state index in [4.69, 9.17) is 6.57 Å². The largest absolute Gasteiger partial charge is 0.313 e. The zero-order valence-electron chi connectivity index (χ0n) is 6.92. The summed E-state index contributed by atoms with van der Waals surface area (Å²) in [6.45, 7) is 8.35. The Balaban J connectivity index is 2.82. The van der Waals surface area contributed by atoms with Gasteiger partial charge < -0.3 is 4.85 Å². The molecule has 0 aliphatic rings. The van der Waals surface area contributed by atoms with Crippen molar-refractivity contribution in [1.29, 1.82) is 0 Å². The Morgan fingerprint density at radius 3 is 2.92 bits per heavy atom. The lowest BCUT2D eigenvalue weighted by atomic mass is 10.1. The van der Waals surface area contributed by atoms with Gasteiger partial charge in [0, 0.05) is 0 Å². The molecule has 0 bridgehead atoms. The van der Waals surface area contributed by atoms with Crippen molar-refractivity contribution in [2.45, 2.75) is 13.1 Å². The van der Waals surface area contributed by atoms with Crippen LogP contribution in [0.1, 0.15) is 17.3 Å². The first-order valence-corrected chi connectivity index (χ1v) is 3.78. The van der Waals surface area contributed by atoms with Crippen LogP contribution in [0.25, 0.3) is 4.85 Å². The summed E-state index contributed by atoms with van der Waals surface area (Å²) < 4.78 is 13.1. The third-order valence-corrected chi connectivity index (χ3v) is 1.66. The molecule has 1 unspecified atom stereocenters. The third kappa shape index (κ3) is 2.06. The van der Waals surface area contributed by atoms with Gasteiger partial charge >= 0.3 is 0 Å². The van der Waals surface area contributed by atoms with E-state index in [1.807, 2.05) is 13.0 Å². The van der Waals surface area contributed by atoms with Crippen LogP contribution in [-0.4, -0.2) is 6.54 Å². The monoisotopic (exact) mass is 163 g/mol. The van der Waals surface area contributed by atoms with Crippen molar-refractivity contribution in [2.75, 3.05) is 6.54 Å². The van der Waals surface area contributed by atoms with Crippen molar-refractivity contribution in [3.05, 3.63) is 46.8 Å². The van der Waals surface area contributed by atoms with Crippen molar-refractivity contribution in [3.8, 4) is 0 Å². The Bertz CT molecular complexity index is 301. The fourth-order valence-electron chi connectivity index (χ4n) is 1.05. The van der Waals surface area contributed by atoms with Crippen LogP contribution in [0.2, 0.25) is 0 Å². The molecule has 0 amide bonds. The molecule has 0 aromatic heterocycles. The van der Waals surface area contributed by atoms with E-state index in [-0.39, 0.29) is 6.54 Å². The molecule has 0 radical (unpaired) electrons. The first kappa shape index (κ1) is 8.73. The van der Waals surface area contributed by atoms with Crippen LogP contribution in [-0.2, 0) is 0 Å². The molecule has 62 valence electrons. The summed E-state index contributed by atoms with van der Waals surface area (Å²) in [4.78, 5) is 3.02. The number of halogens is 1. The molecule has 0 spiro atoms. The number of hydrogen-bond donors (Lipinski definition) is 0. The first-order valence-electron chi connectivity index (χ1n) is 3.78. The van der Waals surface area contributed by atoms with E-state index in [1.165, 1.54) is 0 Å². The second kappa shape index (κ2) is 3.87. The van der Waals surface area contributed by atoms with Crippen molar-refractivity contribution in [1.82, 2.24) is 0 Å². The van der Waals surface area contributed by atoms with Crippen molar-refractivity contribution < 1.29 is 4.39 Å². The van der Waals surface area contributed by atoms with Crippen LogP contribution in [0, 0.1) is 13.5 Å². The molecule has 1 nitrogen and oxygen atoms in total. The Morgan fingerprint density at radius 1 is 1.58 bits per heavy atom. The topological polar surface area (TPSA) is 4.36 Å². The SMILES string of the molecule is [C-]#[N+]CC(F)c1cccc(C)c1. The predicted octanol–water partition coefficient (Wildman–Crippen LogP) is 2.92. The van der Waals surface area contributed by atoms with Gasteiger partial charge in [-0.2, -0.15) is 0 Å². The second-order valence-electron chi connectivity index (χ2n) is 2.72. The molecular weight excluding hydrogens is 153 g/mol. The minimum absolute atomic E-state index is 0.0799. The maximum atomic E-state index is 13.1. The van der Waals surface area contributed by atoms with E-state index in [2.05, 4.69) is 4.85 Å². The van der Waals surface area contributed by atoms with Gasteiger partial charge in [0.1, 0.15) is 0 Å². The molecule has 0 heterocycles. The van der Waals surface area contributed by atoms with Crippen LogP contribution in [0.5, 0.6) is 0 Å². The lowest BCUT2D eigenvalue weighted by Crippen LogP contribution is -1.94. The number of aryl methyl sites for hydroxylation is 1. The summed E-state index contributed by atoms with van der Waals surface area (Å²) in [5.41, 5.74) is 1.63. The summed E-state index contributed by atoms with van der Waals surface area (Å²) in [5.74, 6) is 0. The summed E-state index contributed by atoms with van der Waals surface area (Å²) in [6, 6.07) is 7.20. The molecule has 0 saturated carbocycles. The predicted molar refractivity (Wildman–Crippen MR) is 46.5 cm³/mol. The molecule has 1 atom stereocenters. The molecule has 1 aromatic carbocycles. The number of nitrogens with zero attached hydrogens (tertiary/aromatic N) is 1. The molecule has 0 saturated heterocycles. The summed E-state index contributed by atoms with van der Waals surface area (Å²) in [5, 5.41) is 0. The van der Waals surface area contributed by atoms with Gasteiger partial charge in [0.15, 0.2) is 6.17 Å². The molecule has 0 fully saturated rings. The zero-order chi connectivity index (χ0) is 8.97. The molecule has 2 heteroatoms. The lowest BCUT2D eigenvalue weighted by molar-refractivity contribution is 0.367. The van der Waals surface area contributed by atoms with Gasteiger partial charge in [0.2, 0.25) is 6.54 Å². The molecule has 0 aliphatic carbocycles. The van der Waals surface area contributed by atoms with Gasteiger partial charge in [-0.3, -0.25) is 0 Å². The van der Waals surface area contributed by atoms with E-state index in [9.17, 15) is 4.39 Å². The number of rotatable bonds is 2. The summed E-state index contributed by atoms with van der Waals surface area (Å²) >= 11 is 0. The van der Waals surface area contributed by atoms with Gasteiger partial charge in [-0.1, -0.05) is 29.8 Å². The van der Waals surface area contributed by atoms with Crippen LogP contribution < -0.4 is 0 Å². The van der Waals surface area contributed by atoms with E-state index in [0.717, 1.165) is 5.56 Å². The average molecular weight is 163 g/mol. The second-order valence-corrected chi connectivity index (χ2v) is 2.72. The fraction of sp³-hybridized carbons (Fsp3) is 0.300. The standard InChI is InChI=1S/C10H10FN/c1-8-4-3-5-9(6-8)10(11)7-12-2/h3-6,10H,7H2,1H3. The lowest BCUT2D eigenvalue weighted by Gasteiger charge is -2.02. The van der Waals surface area contributed by atoms with E-state index in [0.29, 0.717) is 5.56 Å². The minimum Gasteiger partial charge on any atom is -0.313 e. The number of alkyl halides is 1. The van der Waals surface area contributed by atoms with E-state index in [1.54, 1.807) is 18.2 Å². The average Bonchev–Trinajstić information content (AvgIpc) is 2.05. The fourth-order valence-corrected chi connectivity index (χ4v) is 1.05. The molecule has 1 rings (SSSR count). The van der Waals surface area contributed by atoms with Crippen molar-refractivity contribution >= 4 is 0 Å². The first-order chi connectivity index (χ1) is 5.74. The third-order valence-electron chi connectivity index (χ3n) is 1.66. The normalized spacial score (nSPS) is 12.1. The van der Waals surface area contributed by atoms with Gasteiger partial charge in [0.25, 0.3) is 0 Å². The number of hydrogen-bond acceptors (Lipinski definition) is 0. The van der Waals surface area contributed by atoms with Crippen LogP contribution >= 0.6 is 0 Å². The Labute approximate surface area is 71.7 Å². The molecular formula is C10H10FN. The molecule has 0 aliphatic heterocycles. The van der Waals surface area contributed by atoms with Crippen molar-refractivity contribution in [2.24, 2.45) is 0 Å². The minimum atomic E-state index is -1.14. The number of benzene rings is 1. The van der Waals surface area contributed by atoms with Crippen LogP contribution in [0.4, 0.5) is 4.39 Å². The quantitative estimate of drug-likeness (QED) is 0.590. The highest BCUT2D eigenvalue weighted by Gasteiger charge is 2.11. The van der Waals surface area contributed by atoms with Gasteiger partial charge in [0.05, 0.1) is 0 Å². The van der Waals surface area contributed by atoms with Gasteiger partial charge in [-0.15, -0.1) is 0 Å². The van der Waals surface area contributed by atoms with Crippen molar-refractivity contribution in [3.63, 3.8) is 0 Å². The van der Waals surface area contributed by atoms with E-state index >= 15 is 0 Å². The Hall–Kier alpha value is -1.36. The van der Waals surface area contributed by atoms with Gasteiger partial charge in [-0.25, -0.2) is 11.0 Å². The highest BCUT2D eigenvalue weighted by Crippen LogP contribution is 2.18. The highest BCUT2D eigenvalue weighted by atomic mass is 19.1. The van der Waals surface area contributed by atoms with Crippen LogP contribution in [0.15, 0.2) is 24.3 Å².